The van der Waals surface area contributed by atoms with E-state index in [1.54, 1.807) is 0 Å². The molecule has 0 bridgehead atoms. The van der Waals surface area contributed by atoms with Crippen molar-refractivity contribution in [1.29, 1.82) is 0 Å². The Balaban J connectivity index is 1.67. The standard InChI is InChI=1S/C17H20ClN3O/c1-21(16-9-7-15(18)8-10-16)12-11-19-17(22)20-13-14-5-3-2-4-6-14/h2-10H,11-13H2,1H3,(H2,19,20,22). The van der Waals surface area contributed by atoms with Crippen LogP contribution in [0.25, 0.3) is 0 Å². The van der Waals surface area contributed by atoms with Gasteiger partial charge in [0.15, 0.2) is 0 Å². The number of anilines is 1. The van der Waals surface area contributed by atoms with E-state index in [2.05, 4.69) is 15.5 Å². The van der Waals surface area contributed by atoms with E-state index in [-0.39, 0.29) is 6.03 Å². The third-order valence-corrected chi connectivity index (χ3v) is 3.55. The number of carbonyl (C=O) groups is 1. The SMILES string of the molecule is CN(CCNC(=O)NCc1ccccc1)c1ccc(Cl)cc1. The Morgan fingerprint density at radius 2 is 1.73 bits per heavy atom. The van der Waals surface area contributed by atoms with Crippen molar-refractivity contribution < 1.29 is 4.79 Å². The minimum Gasteiger partial charge on any atom is -0.373 e. The molecule has 0 aromatic heterocycles. The maximum atomic E-state index is 11.7. The van der Waals surface area contributed by atoms with Crippen LogP contribution in [0.4, 0.5) is 10.5 Å². The van der Waals surface area contributed by atoms with Crippen LogP contribution in [0.1, 0.15) is 5.56 Å². The topological polar surface area (TPSA) is 44.4 Å². The summed E-state index contributed by atoms with van der Waals surface area (Å²) in [7, 11) is 1.98. The number of hydrogen-bond acceptors (Lipinski definition) is 2. The molecule has 0 atom stereocenters. The molecule has 0 fully saturated rings. The molecule has 4 nitrogen and oxygen atoms in total. The Hall–Kier alpha value is -2.20. The highest BCUT2D eigenvalue weighted by atomic mass is 35.5. The number of amides is 2. The van der Waals surface area contributed by atoms with Crippen LogP contribution in [0.3, 0.4) is 0 Å². The summed E-state index contributed by atoms with van der Waals surface area (Å²) in [4.78, 5) is 13.8. The molecule has 0 saturated carbocycles. The number of hydrogen-bond donors (Lipinski definition) is 2. The molecule has 0 heterocycles. The highest BCUT2D eigenvalue weighted by Gasteiger charge is 2.03. The van der Waals surface area contributed by atoms with Crippen LogP contribution in [0, 0.1) is 0 Å². The van der Waals surface area contributed by atoms with Gasteiger partial charge in [-0.05, 0) is 29.8 Å². The molecule has 0 radical (unpaired) electrons. The van der Waals surface area contributed by atoms with Gasteiger partial charge in [0, 0.05) is 37.4 Å². The van der Waals surface area contributed by atoms with Crippen LogP contribution in [0.2, 0.25) is 5.02 Å². The average Bonchev–Trinajstić information content (AvgIpc) is 2.54. The molecular weight excluding hydrogens is 298 g/mol. The number of rotatable bonds is 6. The molecule has 2 rings (SSSR count). The van der Waals surface area contributed by atoms with Gasteiger partial charge < -0.3 is 15.5 Å². The first-order valence-corrected chi connectivity index (χ1v) is 7.55. The van der Waals surface area contributed by atoms with Gasteiger partial charge in [-0.1, -0.05) is 41.9 Å². The van der Waals surface area contributed by atoms with E-state index < -0.39 is 0 Å². The summed E-state index contributed by atoms with van der Waals surface area (Å²) in [5, 5.41) is 6.40. The van der Waals surface area contributed by atoms with E-state index in [4.69, 9.17) is 11.6 Å². The number of carbonyl (C=O) groups excluding carboxylic acids is 1. The Morgan fingerprint density at radius 1 is 1.05 bits per heavy atom. The van der Waals surface area contributed by atoms with Gasteiger partial charge in [-0.25, -0.2) is 4.79 Å². The number of nitrogens with zero attached hydrogens (tertiary/aromatic N) is 1. The van der Waals surface area contributed by atoms with E-state index in [0.717, 1.165) is 22.8 Å². The first-order chi connectivity index (χ1) is 10.6. The maximum Gasteiger partial charge on any atom is 0.315 e. The lowest BCUT2D eigenvalue weighted by Crippen LogP contribution is -2.39. The molecule has 2 amide bonds. The second-order valence-corrected chi connectivity index (χ2v) is 5.43. The van der Waals surface area contributed by atoms with Gasteiger partial charge in [0.1, 0.15) is 0 Å². The molecule has 0 spiro atoms. The summed E-state index contributed by atoms with van der Waals surface area (Å²) in [6.45, 7) is 1.82. The zero-order valence-corrected chi connectivity index (χ0v) is 13.3. The molecule has 0 aliphatic heterocycles. The molecule has 22 heavy (non-hydrogen) atoms. The minimum absolute atomic E-state index is 0.159. The summed E-state index contributed by atoms with van der Waals surface area (Å²) in [6.07, 6.45) is 0. The van der Waals surface area contributed by atoms with E-state index in [9.17, 15) is 4.79 Å². The van der Waals surface area contributed by atoms with E-state index in [1.807, 2.05) is 61.6 Å². The van der Waals surface area contributed by atoms with Gasteiger partial charge in [-0.2, -0.15) is 0 Å². The van der Waals surface area contributed by atoms with Crippen LogP contribution in [-0.2, 0) is 6.54 Å². The highest BCUT2D eigenvalue weighted by molar-refractivity contribution is 6.30. The lowest BCUT2D eigenvalue weighted by molar-refractivity contribution is 0.241. The average molecular weight is 318 g/mol. The fourth-order valence-electron chi connectivity index (χ4n) is 2.00. The molecule has 0 aliphatic rings. The summed E-state index contributed by atoms with van der Waals surface area (Å²) in [5.74, 6) is 0. The van der Waals surface area contributed by atoms with E-state index in [0.29, 0.717) is 13.1 Å². The van der Waals surface area contributed by atoms with Crippen molar-refractivity contribution in [2.75, 3.05) is 25.0 Å². The molecule has 2 aromatic rings. The van der Waals surface area contributed by atoms with Gasteiger partial charge in [0.25, 0.3) is 0 Å². The molecular formula is C17H20ClN3O. The van der Waals surface area contributed by atoms with Crippen molar-refractivity contribution in [3.63, 3.8) is 0 Å². The minimum atomic E-state index is -0.159. The summed E-state index contributed by atoms with van der Waals surface area (Å²) in [5.41, 5.74) is 2.15. The molecule has 0 unspecified atom stereocenters. The normalized spacial score (nSPS) is 10.1. The first-order valence-electron chi connectivity index (χ1n) is 7.17. The first kappa shape index (κ1) is 16.2. The summed E-state index contributed by atoms with van der Waals surface area (Å²) < 4.78 is 0. The van der Waals surface area contributed by atoms with Crippen LogP contribution in [-0.4, -0.2) is 26.2 Å². The predicted molar refractivity (Wildman–Crippen MR) is 91.4 cm³/mol. The smallest absolute Gasteiger partial charge is 0.315 e. The van der Waals surface area contributed by atoms with Crippen molar-refractivity contribution in [2.45, 2.75) is 6.54 Å². The highest BCUT2D eigenvalue weighted by Crippen LogP contribution is 2.16. The van der Waals surface area contributed by atoms with Gasteiger partial charge in [0.05, 0.1) is 0 Å². The fourth-order valence-corrected chi connectivity index (χ4v) is 2.13. The molecule has 0 saturated heterocycles. The van der Waals surface area contributed by atoms with Gasteiger partial charge in [0.2, 0.25) is 0 Å². The largest absolute Gasteiger partial charge is 0.373 e. The van der Waals surface area contributed by atoms with Crippen LogP contribution < -0.4 is 15.5 Å². The van der Waals surface area contributed by atoms with Crippen molar-refractivity contribution in [3.05, 3.63) is 65.2 Å². The second kappa shape index (κ2) is 8.29. The molecule has 116 valence electrons. The van der Waals surface area contributed by atoms with Crippen LogP contribution in [0.15, 0.2) is 54.6 Å². The molecule has 0 aliphatic carbocycles. The lowest BCUT2D eigenvalue weighted by atomic mass is 10.2. The fraction of sp³-hybridized carbons (Fsp3) is 0.235. The number of likely N-dealkylation sites (N-methyl/N-ethyl adjacent to an activating group) is 1. The summed E-state index contributed by atoms with van der Waals surface area (Å²) >= 11 is 5.86. The van der Waals surface area contributed by atoms with E-state index in [1.165, 1.54) is 0 Å². The molecule has 2 aromatic carbocycles. The third kappa shape index (κ3) is 5.30. The Labute approximate surface area is 136 Å². The Bertz CT molecular complexity index is 587. The Kier molecular flexibility index (Phi) is 6.10. The monoisotopic (exact) mass is 317 g/mol. The number of urea groups is 1. The maximum absolute atomic E-state index is 11.7. The van der Waals surface area contributed by atoms with Gasteiger partial charge in [-0.15, -0.1) is 0 Å². The molecule has 5 heteroatoms. The third-order valence-electron chi connectivity index (χ3n) is 3.30. The zero-order chi connectivity index (χ0) is 15.8. The molecule has 2 N–H and O–H groups in total. The van der Waals surface area contributed by atoms with Crippen molar-refractivity contribution in [3.8, 4) is 0 Å². The number of benzene rings is 2. The van der Waals surface area contributed by atoms with Gasteiger partial charge >= 0.3 is 6.03 Å². The van der Waals surface area contributed by atoms with Gasteiger partial charge in [-0.3, -0.25) is 0 Å². The van der Waals surface area contributed by atoms with Crippen molar-refractivity contribution >= 4 is 23.3 Å². The van der Waals surface area contributed by atoms with Crippen LogP contribution in [0.5, 0.6) is 0 Å². The predicted octanol–water partition coefficient (Wildman–Crippen LogP) is 3.28. The zero-order valence-electron chi connectivity index (χ0n) is 12.6. The lowest BCUT2D eigenvalue weighted by Gasteiger charge is -2.19. The van der Waals surface area contributed by atoms with Crippen molar-refractivity contribution in [2.24, 2.45) is 0 Å². The number of halogens is 1. The number of nitrogens with one attached hydrogen (secondary N) is 2. The quantitative estimate of drug-likeness (QED) is 0.859. The van der Waals surface area contributed by atoms with E-state index >= 15 is 0 Å². The summed E-state index contributed by atoms with van der Waals surface area (Å²) in [6, 6.07) is 17.3. The van der Waals surface area contributed by atoms with Crippen LogP contribution >= 0.6 is 11.6 Å². The Morgan fingerprint density at radius 3 is 2.41 bits per heavy atom. The second-order valence-electron chi connectivity index (χ2n) is 4.99. The van der Waals surface area contributed by atoms with Crippen molar-refractivity contribution in [1.82, 2.24) is 10.6 Å².